The smallest absolute Gasteiger partial charge is 0.253 e. The van der Waals surface area contributed by atoms with Crippen LogP contribution in [-0.4, -0.2) is 41.5 Å². The maximum Gasteiger partial charge on any atom is 0.253 e. The predicted molar refractivity (Wildman–Crippen MR) is 96.0 cm³/mol. The minimum absolute atomic E-state index is 0.0535. The van der Waals surface area contributed by atoms with E-state index in [0.29, 0.717) is 35.2 Å². The molecule has 134 valence electrons. The van der Waals surface area contributed by atoms with Gasteiger partial charge in [0.1, 0.15) is 6.61 Å². The van der Waals surface area contributed by atoms with E-state index in [4.69, 9.17) is 14.2 Å². The lowest BCUT2D eigenvalue weighted by atomic mass is 10.0. The molecule has 1 aliphatic rings. The molecule has 1 aliphatic heterocycles. The molecule has 3 rings (SSSR count). The first-order valence-corrected chi connectivity index (χ1v) is 9.44. The van der Waals surface area contributed by atoms with E-state index >= 15 is 0 Å². The van der Waals surface area contributed by atoms with Crippen LogP contribution in [0.3, 0.4) is 0 Å². The van der Waals surface area contributed by atoms with Gasteiger partial charge in [-0.3, -0.25) is 9.00 Å². The van der Waals surface area contributed by atoms with Gasteiger partial charge >= 0.3 is 0 Å². The van der Waals surface area contributed by atoms with E-state index < -0.39 is 10.8 Å². The van der Waals surface area contributed by atoms with Crippen LogP contribution in [-0.2, 0) is 22.6 Å². The Kier molecular flexibility index (Phi) is 4.96. The third-order valence-corrected chi connectivity index (χ3v) is 5.00. The van der Waals surface area contributed by atoms with Crippen molar-refractivity contribution in [1.82, 2.24) is 4.57 Å². The highest BCUT2D eigenvalue weighted by molar-refractivity contribution is 7.84. The number of pyridine rings is 1. The van der Waals surface area contributed by atoms with Crippen molar-refractivity contribution in [2.45, 2.75) is 17.9 Å². The highest BCUT2D eigenvalue weighted by atomic mass is 32.2. The Labute approximate surface area is 148 Å². The van der Waals surface area contributed by atoms with Crippen molar-refractivity contribution in [3.63, 3.8) is 0 Å². The van der Waals surface area contributed by atoms with Crippen molar-refractivity contribution in [2.75, 3.05) is 26.6 Å². The second kappa shape index (κ2) is 7.01. The zero-order valence-electron chi connectivity index (χ0n) is 14.7. The summed E-state index contributed by atoms with van der Waals surface area (Å²) in [6.07, 6.45) is 3.15. The van der Waals surface area contributed by atoms with Crippen LogP contribution in [0.4, 0.5) is 0 Å². The first kappa shape index (κ1) is 17.7. The Balaban J connectivity index is 2.19. The fourth-order valence-electron chi connectivity index (χ4n) is 2.86. The molecule has 25 heavy (non-hydrogen) atoms. The molecular formula is C18H21NO5S. The van der Waals surface area contributed by atoms with E-state index in [1.807, 2.05) is 12.1 Å². The summed E-state index contributed by atoms with van der Waals surface area (Å²) < 4.78 is 30.6. The minimum atomic E-state index is -1.17. The maximum absolute atomic E-state index is 12.0. The molecule has 0 saturated heterocycles. The van der Waals surface area contributed by atoms with E-state index in [9.17, 15) is 9.00 Å². The number of hydrogen-bond donors (Lipinski definition) is 0. The lowest BCUT2D eigenvalue weighted by Gasteiger charge is -2.28. The van der Waals surface area contributed by atoms with E-state index in [0.717, 1.165) is 11.1 Å². The number of hydrogen-bond acceptors (Lipinski definition) is 5. The predicted octanol–water partition coefficient (Wildman–Crippen LogP) is 1.88. The Morgan fingerprint density at radius 3 is 2.76 bits per heavy atom. The fraction of sp³-hybridized carbons (Fsp3) is 0.389. The monoisotopic (exact) mass is 363 g/mol. The van der Waals surface area contributed by atoms with E-state index in [1.54, 1.807) is 39.6 Å². The van der Waals surface area contributed by atoms with Gasteiger partial charge in [-0.05, 0) is 19.1 Å². The van der Waals surface area contributed by atoms with Crippen molar-refractivity contribution in [1.29, 1.82) is 0 Å². The summed E-state index contributed by atoms with van der Waals surface area (Å²) in [6.45, 7) is 2.55. The topological polar surface area (TPSA) is 66.8 Å². The van der Waals surface area contributed by atoms with Crippen molar-refractivity contribution >= 4 is 10.8 Å². The van der Waals surface area contributed by atoms with Gasteiger partial charge in [0.2, 0.25) is 0 Å². The molecule has 0 aliphatic carbocycles. The normalized spacial score (nSPS) is 17.4. The van der Waals surface area contributed by atoms with Crippen LogP contribution in [0.15, 0.2) is 34.1 Å². The van der Waals surface area contributed by atoms with Gasteiger partial charge in [-0.1, -0.05) is 0 Å². The maximum atomic E-state index is 12.0. The van der Waals surface area contributed by atoms with Crippen LogP contribution < -0.4 is 15.0 Å². The zero-order chi connectivity index (χ0) is 18.1. The Morgan fingerprint density at radius 2 is 2.12 bits per heavy atom. The average molecular weight is 363 g/mol. The van der Waals surface area contributed by atoms with Crippen LogP contribution in [0, 0.1) is 6.92 Å². The SMILES string of the molecule is COCC1COc2cc(S(C)=O)cc(-c3cc(C)c(=O)n(C)c3)c2O1. The van der Waals surface area contributed by atoms with Crippen LogP contribution in [0.2, 0.25) is 0 Å². The van der Waals surface area contributed by atoms with Gasteiger partial charge in [-0.2, -0.15) is 0 Å². The van der Waals surface area contributed by atoms with Gasteiger partial charge in [-0.15, -0.1) is 0 Å². The van der Waals surface area contributed by atoms with Crippen molar-refractivity contribution in [3.8, 4) is 22.6 Å². The molecule has 0 saturated carbocycles. The first-order chi connectivity index (χ1) is 11.9. The van der Waals surface area contributed by atoms with Crippen LogP contribution in [0.5, 0.6) is 11.5 Å². The molecule has 0 spiro atoms. The Morgan fingerprint density at radius 1 is 1.36 bits per heavy atom. The summed E-state index contributed by atoms with van der Waals surface area (Å²) in [5, 5.41) is 0. The third-order valence-electron chi connectivity index (χ3n) is 4.10. The Bertz CT molecular complexity index is 864. The minimum Gasteiger partial charge on any atom is -0.486 e. The van der Waals surface area contributed by atoms with Gasteiger partial charge in [0, 0.05) is 65.1 Å². The van der Waals surface area contributed by atoms with Gasteiger partial charge in [0.05, 0.1) is 6.61 Å². The van der Waals surface area contributed by atoms with Crippen molar-refractivity contribution in [2.24, 2.45) is 7.05 Å². The molecule has 2 aromatic rings. The standard InChI is InChI=1S/C18H21NO5S/c1-11-5-12(8-19(2)18(11)20)15-6-14(25(4)21)7-16-17(15)24-13(9-22-3)10-23-16/h5-8,13H,9-10H2,1-4H3. The van der Waals surface area contributed by atoms with Crippen LogP contribution >= 0.6 is 0 Å². The van der Waals surface area contributed by atoms with E-state index in [-0.39, 0.29) is 11.7 Å². The summed E-state index contributed by atoms with van der Waals surface area (Å²) >= 11 is 0. The molecule has 6 nitrogen and oxygen atoms in total. The van der Waals surface area contributed by atoms with Gasteiger partial charge in [0.25, 0.3) is 5.56 Å². The first-order valence-electron chi connectivity index (χ1n) is 7.88. The largest absolute Gasteiger partial charge is 0.486 e. The molecule has 1 aromatic carbocycles. The Hall–Kier alpha value is -2.12. The highest BCUT2D eigenvalue weighted by Crippen LogP contribution is 2.42. The zero-order valence-corrected chi connectivity index (χ0v) is 15.5. The summed E-state index contributed by atoms with van der Waals surface area (Å²) in [6, 6.07) is 5.38. The summed E-state index contributed by atoms with van der Waals surface area (Å²) in [5.74, 6) is 1.14. The highest BCUT2D eigenvalue weighted by Gasteiger charge is 2.26. The lowest BCUT2D eigenvalue weighted by molar-refractivity contribution is 0.0275. The molecule has 1 aromatic heterocycles. The summed E-state index contributed by atoms with van der Waals surface area (Å²) in [7, 11) is 2.15. The van der Waals surface area contributed by atoms with Gasteiger partial charge in [-0.25, -0.2) is 0 Å². The number of nitrogens with zero attached hydrogens (tertiary/aromatic N) is 1. The second-order valence-electron chi connectivity index (χ2n) is 6.09. The number of methoxy groups -OCH3 is 1. The number of fused-ring (bicyclic) bond motifs is 1. The fourth-order valence-corrected chi connectivity index (χ4v) is 3.42. The lowest BCUT2D eigenvalue weighted by Crippen LogP contribution is -2.33. The van der Waals surface area contributed by atoms with Crippen LogP contribution in [0.25, 0.3) is 11.1 Å². The molecule has 0 radical (unpaired) electrons. The molecule has 2 atom stereocenters. The molecule has 0 fully saturated rings. The number of aryl methyl sites for hydroxylation is 2. The molecule has 7 heteroatoms. The number of rotatable bonds is 4. The van der Waals surface area contributed by atoms with Gasteiger partial charge < -0.3 is 18.8 Å². The van der Waals surface area contributed by atoms with E-state index in [1.165, 1.54) is 4.57 Å². The number of benzene rings is 1. The molecular weight excluding hydrogens is 342 g/mol. The van der Waals surface area contributed by atoms with Crippen molar-refractivity contribution in [3.05, 3.63) is 40.3 Å². The van der Waals surface area contributed by atoms with Gasteiger partial charge in [0.15, 0.2) is 17.6 Å². The molecule has 0 bridgehead atoms. The molecule has 2 unspecified atom stereocenters. The van der Waals surface area contributed by atoms with E-state index in [2.05, 4.69) is 0 Å². The molecule has 0 amide bonds. The quantitative estimate of drug-likeness (QED) is 0.830. The summed E-state index contributed by atoms with van der Waals surface area (Å²) in [5.41, 5.74) is 2.14. The molecule has 2 heterocycles. The third kappa shape index (κ3) is 3.48. The number of aromatic nitrogens is 1. The number of ether oxygens (including phenoxy) is 3. The second-order valence-corrected chi connectivity index (χ2v) is 7.47. The summed E-state index contributed by atoms with van der Waals surface area (Å²) in [4.78, 5) is 12.6. The molecule has 0 N–H and O–H groups in total. The van der Waals surface area contributed by atoms with Crippen molar-refractivity contribution < 1.29 is 18.4 Å². The van der Waals surface area contributed by atoms with Crippen LogP contribution in [0.1, 0.15) is 5.56 Å². The average Bonchev–Trinajstić information content (AvgIpc) is 2.58.